The van der Waals surface area contributed by atoms with Crippen molar-refractivity contribution in [2.45, 2.75) is 24.8 Å². The molecule has 0 unspecified atom stereocenters. The van der Waals surface area contributed by atoms with Crippen LogP contribution in [0.15, 0.2) is 55.0 Å². The minimum Gasteiger partial charge on any atom is -0.395 e. The number of β-amino-alcohol motifs (C(OH)–C–C–N with tert-alkyl or cyclic N) is 1. The summed E-state index contributed by atoms with van der Waals surface area (Å²) in [5.74, 6) is 0.239. The van der Waals surface area contributed by atoms with Crippen LogP contribution in [0.2, 0.25) is 0 Å². The van der Waals surface area contributed by atoms with Gasteiger partial charge in [0.2, 0.25) is 0 Å². The van der Waals surface area contributed by atoms with Crippen LogP contribution in [0.1, 0.15) is 24.8 Å². The van der Waals surface area contributed by atoms with Crippen LogP contribution in [0.4, 0.5) is 20.3 Å². The number of hydrogen-bond acceptors (Lipinski definition) is 7. The Morgan fingerprint density at radius 3 is 2.59 bits per heavy atom. The van der Waals surface area contributed by atoms with Crippen molar-refractivity contribution in [3.63, 3.8) is 0 Å². The Morgan fingerprint density at radius 1 is 0.974 bits per heavy atom. The molecule has 1 N–H and O–H groups in total. The van der Waals surface area contributed by atoms with Crippen molar-refractivity contribution in [1.82, 2.24) is 24.5 Å². The summed E-state index contributed by atoms with van der Waals surface area (Å²) in [6.07, 6.45) is 8.24. The van der Waals surface area contributed by atoms with E-state index in [0.717, 1.165) is 74.7 Å². The van der Waals surface area contributed by atoms with E-state index < -0.39 is 11.4 Å². The smallest absolute Gasteiger partial charge is 0.166 e. The van der Waals surface area contributed by atoms with Gasteiger partial charge < -0.3 is 14.9 Å². The Bertz CT molecular complexity index is 1500. The number of aromatic nitrogens is 4. The monoisotopic (exact) mass is 531 g/mol. The predicted octanol–water partition coefficient (Wildman–Crippen LogP) is 3.70. The van der Waals surface area contributed by atoms with Crippen LogP contribution < -0.4 is 9.80 Å². The van der Waals surface area contributed by atoms with E-state index in [2.05, 4.69) is 25.9 Å². The SMILES string of the molecule is OCCN1CCN(c2ccc(-c3cnn4ccc(N5CC[C@H]6CC[C@]65c5cc(F)ccc5F)nc34)nc2)CC1. The lowest BCUT2D eigenvalue weighted by Gasteiger charge is -2.51. The van der Waals surface area contributed by atoms with Gasteiger partial charge in [-0.1, -0.05) is 0 Å². The van der Waals surface area contributed by atoms with E-state index in [-0.39, 0.29) is 18.3 Å². The lowest BCUT2D eigenvalue weighted by atomic mass is 9.63. The largest absolute Gasteiger partial charge is 0.395 e. The summed E-state index contributed by atoms with van der Waals surface area (Å²) >= 11 is 0. The molecule has 2 saturated heterocycles. The van der Waals surface area contributed by atoms with Crippen molar-refractivity contribution in [3.8, 4) is 11.3 Å². The third-order valence-electron chi connectivity index (χ3n) is 8.94. The van der Waals surface area contributed by atoms with E-state index in [1.165, 1.54) is 18.2 Å². The molecule has 7 rings (SSSR count). The van der Waals surface area contributed by atoms with Gasteiger partial charge in [0.05, 0.1) is 41.5 Å². The van der Waals surface area contributed by atoms with Gasteiger partial charge in [0.1, 0.15) is 17.5 Å². The van der Waals surface area contributed by atoms with E-state index in [4.69, 9.17) is 9.97 Å². The zero-order valence-electron chi connectivity index (χ0n) is 21.7. The van der Waals surface area contributed by atoms with Crippen LogP contribution in [0.25, 0.3) is 16.9 Å². The first-order valence-corrected chi connectivity index (χ1v) is 13.7. The normalized spacial score (nSPS) is 23.3. The number of halogens is 2. The number of benzene rings is 1. The van der Waals surface area contributed by atoms with Crippen molar-refractivity contribution >= 4 is 17.2 Å². The van der Waals surface area contributed by atoms with E-state index in [1.54, 1.807) is 10.7 Å². The van der Waals surface area contributed by atoms with Crippen LogP contribution in [0, 0.1) is 17.6 Å². The fourth-order valence-corrected chi connectivity index (χ4v) is 6.79. The average molecular weight is 532 g/mol. The van der Waals surface area contributed by atoms with Gasteiger partial charge >= 0.3 is 0 Å². The molecule has 10 heteroatoms. The molecular weight excluding hydrogens is 500 g/mol. The number of nitrogens with zero attached hydrogens (tertiary/aromatic N) is 7. The van der Waals surface area contributed by atoms with E-state index in [9.17, 15) is 9.50 Å². The van der Waals surface area contributed by atoms with Gasteiger partial charge in [-0.2, -0.15) is 5.10 Å². The first-order valence-electron chi connectivity index (χ1n) is 13.7. The number of aliphatic hydroxyl groups is 1. The Morgan fingerprint density at radius 2 is 1.85 bits per heavy atom. The highest BCUT2D eigenvalue weighted by Gasteiger charge is 2.57. The van der Waals surface area contributed by atoms with Crippen molar-refractivity contribution < 1.29 is 13.9 Å². The second kappa shape index (κ2) is 9.53. The number of pyridine rings is 1. The maximum atomic E-state index is 15.0. The molecule has 5 heterocycles. The molecule has 3 aliphatic rings. The zero-order chi connectivity index (χ0) is 26.6. The van der Waals surface area contributed by atoms with Crippen molar-refractivity contribution in [2.24, 2.45) is 5.92 Å². The number of piperazine rings is 1. The van der Waals surface area contributed by atoms with E-state index >= 15 is 4.39 Å². The topological polar surface area (TPSA) is 73.0 Å². The van der Waals surface area contributed by atoms with Crippen molar-refractivity contribution in [1.29, 1.82) is 0 Å². The molecule has 0 amide bonds. The Kier molecular flexibility index (Phi) is 5.97. The molecule has 39 heavy (non-hydrogen) atoms. The van der Waals surface area contributed by atoms with Crippen molar-refractivity contribution in [3.05, 3.63) is 72.2 Å². The van der Waals surface area contributed by atoms with Crippen LogP contribution in [0.5, 0.6) is 0 Å². The molecule has 1 aromatic carbocycles. The van der Waals surface area contributed by atoms with Gasteiger partial charge in [-0.25, -0.2) is 18.3 Å². The Balaban J connectivity index is 1.18. The molecule has 2 aliphatic heterocycles. The summed E-state index contributed by atoms with van der Waals surface area (Å²) in [4.78, 5) is 16.5. The maximum Gasteiger partial charge on any atom is 0.166 e. The fraction of sp³-hybridized carbons (Fsp3) is 0.414. The summed E-state index contributed by atoms with van der Waals surface area (Å²) in [5, 5.41) is 13.7. The number of rotatable bonds is 6. The van der Waals surface area contributed by atoms with Crippen molar-refractivity contribution in [2.75, 3.05) is 55.7 Å². The summed E-state index contributed by atoms with van der Waals surface area (Å²) in [6.45, 7) is 5.27. The van der Waals surface area contributed by atoms with Gasteiger partial charge in [0.25, 0.3) is 0 Å². The van der Waals surface area contributed by atoms with Gasteiger partial charge in [0.15, 0.2) is 5.65 Å². The minimum atomic E-state index is -0.571. The lowest BCUT2D eigenvalue weighted by Crippen LogP contribution is -2.52. The predicted molar refractivity (Wildman–Crippen MR) is 145 cm³/mol. The molecule has 0 bridgehead atoms. The molecule has 2 atom stereocenters. The molecule has 1 saturated carbocycles. The maximum absolute atomic E-state index is 15.0. The fourth-order valence-electron chi connectivity index (χ4n) is 6.79. The van der Waals surface area contributed by atoms with Crippen LogP contribution in [-0.2, 0) is 5.54 Å². The van der Waals surface area contributed by atoms with Crippen LogP contribution >= 0.6 is 0 Å². The minimum absolute atomic E-state index is 0.187. The third-order valence-corrected chi connectivity index (χ3v) is 8.94. The quantitative estimate of drug-likeness (QED) is 0.407. The summed E-state index contributed by atoms with van der Waals surface area (Å²) in [5.41, 5.74) is 3.22. The number of hydrogen-bond donors (Lipinski definition) is 1. The molecule has 0 radical (unpaired) electrons. The molecule has 202 valence electrons. The Hall–Kier alpha value is -3.63. The van der Waals surface area contributed by atoms with Gasteiger partial charge in [-0.15, -0.1) is 0 Å². The van der Waals surface area contributed by atoms with Gasteiger partial charge in [-0.05, 0) is 61.6 Å². The molecule has 3 fully saturated rings. The van der Waals surface area contributed by atoms with E-state index in [0.29, 0.717) is 17.8 Å². The molecule has 3 aromatic heterocycles. The Labute approximate surface area is 225 Å². The molecule has 0 spiro atoms. The zero-order valence-corrected chi connectivity index (χ0v) is 21.7. The molecular formula is C29H31F2N7O. The molecule has 8 nitrogen and oxygen atoms in total. The third kappa shape index (κ3) is 3.96. The van der Waals surface area contributed by atoms with Crippen LogP contribution in [-0.4, -0.2) is 75.5 Å². The first-order chi connectivity index (χ1) is 19.1. The number of aliphatic hydroxyl groups excluding tert-OH is 1. The summed E-state index contributed by atoms with van der Waals surface area (Å²) in [6, 6.07) is 9.78. The number of fused-ring (bicyclic) bond motifs is 2. The highest BCUT2D eigenvalue weighted by Crippen LogP contribution is 2.58. The first kappa shape index (κ1) is 24.4. The highest BCUT2D eigenvalue weighted by molar-refractivity contribution is 5.76. The number of anilines is 2. The second-order valence-corrected chi connectivity index (χ2v) is 10.8. The summed E-state index contributed by atoms with van der Waals surface area (Å²) in [7, 11) is 0. The van der Waals surface area contributed by atoms with Crippen LogP contribution in [0.3, 0.4) is 0 Å². The highest BCUT2D eigenvalue weighted by atomic mass is 19.1. The molecule has 4 aromatic rings. The average Bonchev–Trinajstić information content (AvgIpc) is 3.48. The van der Waals surface area contributed by atoms with Gasteiger partial charge in [-0.3, -0.25) is 9.88 Å². The van der Waals surface area contributed by atoms with Gasteiger partial charge in [0, 0.05) is 51.0 Å². The standard InChI is InChI=1S/C29H31F2N7O/c30-21-1-3-25(31)24(17-21)29-8-5-20(29)6-9-37(29)27-7-10-38-28(34-27)23(19-33-38)26-4-2-22(18-32-26)36-13-11-35(12-14-36)15-16-39/h1-4,7,10,17-20,39H,5-6,8-9,11-16H2/t20-,29-/m1/s1. The second-order valence-electron chi connectivity index (χ2n) is 10.8. The summed E-state index contributed by atoms with van der Waals surface area (Å²) < 4.78 is 31.0. The molecule has 1 aliphatic carbocycles. The lowest BCUT2D eigenvalue weighted by molar-refractivity contribution is 0.154. The van der Waals surface area contributed by atoms with E-state index in [1.807, 2.05) is 24.5 Å².